The third kappa shape index (κ3) is 10.5. The number of carboxylic acid groups (broad SMARTS) is 1. The Morgan fingerprint density at radius 2 is 1.67 bits per heavy atom. The molecule has 13 heteroatoms. The van der Waals surface area contributed by atoms with Crippen LogP contribution in [0.1, 0.15) is 52.8 Å². The van der Waals surface area contributed by atoms with Gasteiger partial charge in [-0.2, -0.15) is 0 Å². The van der Waals surface area contributed by atoms with Crippen molar-refractivity contribution in [1.29, 1.82) is 0 Å². The van der Waals surface area contributed by atoms with Gasteiger partial charge < -0.3 is 24.7 Å². The van der Waals surface area contributed by atoms with Crippen LogP contribution in [0.15, 0.2) is 45.9 Å². The van der Waals surface area contributed by atoms with E-state index in [4.69, 9.17) is 14.3 Å². The number of carbonyl (C=O) groups is 3. The average Bonchev–Trinajstić information content (AvgIpc) is 3.16. The van der Waals surface area contributed by atoms with Crippen molar-refractivity contribution in [2.75, 3.05) is 5.32 Å². The first-order chi connectivity index (χ1) is 16.7. The maximum absolute atomic E-state index is 12.2. The molecule has 0 radical (unpaired) electrons. The summed E-state index contributed by atoms with van der Waals surface area (Å²) < 4.78 is 10.3. The number of rotatable bonds is 6. The first-order valence-corrected chi connectivity index (χ1v) is 11.6. The van der Waals surface area contributed by atoms with Crippen LogP contribution in [-0.4, -0.2) is 51.1 Å². The van der Waals surface area contributed by atoms with E-state index in [2.05, 4.69) is 25.8 Å². The van der Waals surface area contributed by atoms with Crippen molar-refractivity contribution in [1.82, 2.24) is 10.3 Å². The Morgan fingerprint density at radius 1 is 1.03 bits per heavy atom. The number of carboxylic acids is 1. The zero-order valence-corrected chi connectivity index (χ0v) is 21.6. The molecule has 0 aliphatic rings. The summed E-state index contributed by atoms with van der Waals surface area (Å²) in [6, 6.07) is 9.10. The molecule has 36 heavy (non-hydrogen) atoms. The molecule has 3 N–H and O–H groups in total. The number of guanidine groups is 1. The van der Waals surface area contributed by atoms with Gasteiger partial charge in [-0.15, -0.1) is 16.3 Å². The molecule has 1 aromatic carbocycles. The first kappa shape index (κ1) is 28.2. The number of hydrogen-bond donors (Lipinski definition) is 3. The van der Waals surface area contributed by atoms with Gasteiger partial charge in [-0.3, -0.25) is 5.32 Å². The van der Waals surface area contributed by atoms with Crippen molar-refractivity contribution in [3.63, 3.8) is 0 Å². The number of benzene rings is 1. The second-order valence-corrected chi connectivity index (χ2v) is 10.1. The van der Waals surface area contributed by atoms with Crippen LogP contribution < -0.4 is 10.6 Å². The molecule has 12 nitrogen and oxygen atoms in total. The molecule has 1 aromatic heterocycles. The molecule has 0 atom stereocenters. The number of aliphatic carboxylic acids is 1. The number of amides is 2. The zero-order valence-electron chi connectivity index (χ0n) is 20.8. The molecule has 0 fully saturated rings. The van der Waals surface area contributed by atoms with Crippen LogP contribution in [0.4, 0.5) is 14.7 Å². The number of nitrogens with zero attached hydrogens (tertiary/aromatic N) is 3. The lowest BCUT2D eigenvalue weighted by molar-refractivity contribution is -0.129. The fourth-order valence-corrected chi connectivity index (χ4v) is 3.04. The normalized spacial score (nSPS) is 12.5. The minimum Gasteiger partial charge on any atom is -0.476 e. The van der Waals surface area contributed by atoms with Gasteiger partial charge in [0.2, 0.25) is 11.7 Å². The van der Waals surface area contributed by atoms with Crippen molar-refractivity contribution >= 4 is 46.3 Å². The third-order valence-corrected chi connectivity index (χ3v) is 4.38. The smallest absolute Gasteiger partial charge is 0.437 e. The van der Waals surface area contributed by atoms with E-state index in [-0.39, 0.29) is 23.4 Å². The van der Waals surface area contributed by atoms with Gasteiger partial charge in [-0.05, 0) is 47.1 Å². The van der Waals surface area contributed by atoms with E-state index in [1.165, 1.54) is 5.38 Å². The standard InChI is InChI=1S/C23H29N5O7S/c1-22(2,3)34-20(31)26-18(27-21(32)35-23(4,5)6)25-19-24-15(13-36-19)16(17(29)30)28-33-12-14-10-8-7-9-11-14/h7-11,13H,12H2,1-6H3,(H,29,30)(H2,24,25,26,27,31,32)/b28-16-. The van der Waals surface area contributed by atoms with E-state index in [9.17, 15) is 19.5 Å². The predicted octanol–water partition coefficient (Wildman–Crippen LogP) is 4.38. The molecule has 0 aliphatic heterocycles. The van der Waals surface area contributed by atoms with E-state index in [0.29, 0.717) is 0 Å². The van der Waals surface area contributed by atoms with Gasteiger partial charge >= 0.3 is 18.2 Å². The number of aromatic nitrogens is 1. The molecule has 2 rings (SSSR count). The van der Waals surface area contributed by atoms with Crippen molar-refractivity contribution in [3.05, 3.63) is 47.0 Å². The number of carbonyl (C=O) groups excluding carboxylic acids is 2. The SMILES string of the molecule is CC(C)(C)OC(=O)/N=C(\NC(=O)OC(C)(C)C)Nc1nc(/C(=N/OCc2ccccc2)C(=O)O)cs1. The lowest BCUT2D eigenvalue weighted by Gasteiger charge is -2.20. The number of alkyl carbamates (subject to hydrolysis) is 1. The number of hydrogen-bond acceptors (Lipinski definition) is 9. The van der Waals surface area contributed by atoms with Crippen LogP contribution in [0.5, 0.6) is 0 Å². The molecule has 0 saturated carbocycles. The second kappa shape index (κ2) is 12.1. The van der Waals surface area contributed by atoms with Gasteiger partial charge in [0.25, 0.3) is 0 Å². The van der Waals surface area contributed by atoms with E-state index < -0.39 is 35.1 Å². The molecule has 0 bridgehead atoms. The minimum absolute atomic E-state index is 0.00283. The summed E-state index contributed by atoms with van der Waals surface area (Å²) in [5.74, 6) is -1.68. The Balaban J connectivity index is 2.21. The Hall–Kier alpha value is -4.00. The van der Waals surface area contributed by atoms with Gasteiger partial charge in [0.15, 0.2) is 5.13 Å². The van der Waals surface area contributed by atoms with Crippen molar-refractivity contribution in [2.24, 2.45) is 10.1 Å². The second-order valence-electron chi connectivity index (χ2n) is 9.23. The van der Waals surface area contributed by atoms with Crippen LogP contribution >= 0.6 is 11.3 Å². The highest BCUT2D eigenvalue weighted by Crippen LogP contribution is 2.17. The lowest BCUT2D eigenvalue weighted by Crippen LogP contribution is -2.40. The van der Waals surface area contributed by atoms with Crippen LogP contribution in [0.2, 0.25) is 0 Å². The Kier molecular flexibility index (Phi) is 9.50. The molecule has 2 aromatic rings. The van der Waals surface area contributed by atoms with Gasteiger partial charge in [0.05, 0.1) is 0 Å². The van der Waals surface area contributed by atoms with E-state index >= 15 is 0 Å². The molecular formula is C23H29N5O7S. The summed E-state index contributed by atoms with van der Waals surface area (Å²) in [5, 5.41) is 19.8. The number of aliphatic imine (C=N–C) groups is 1. The fourth-order valence-electron chi connectivity index (χ4n) is 2.35. The van der Waals surface area contributed by atoms with Crippen molar-refractivity contribution in [3.8, 4) is 0 Å². The maximum Gasteiger partial charge on any atom is 0.437 e. The van der Waals surface area contributed by atoms with Crippen LogP contribution in [0.25, 0.3) is 0 Å². The average molecular weight is 520 g/mol. The van der Waals surface area contributed by atoms with Gasteiger partial charge in [-0.25, -0.2) is 19.4 Å². The summed E-state index contributed by atoms with van der Waals surface area (Å²) in [6.45, 7) is 10.1. The summed E-state index contributed by atoms with van der Waals surface area (Å²) >= 11 is 0.987. The summed E-state index contributed by atoms with van der Waals surface area (Å²) in [6.07, 6.45) is -1.85. The predicted molar refractivity (Wildman–Crippen MR) is 134 cm³/mol. The monoisotopic (exact) mass is 519 g/mol. The number of thiazole rings is 1. The summed E-state index contributed by atoms with van der Waals surface area (Å²) in [7, 11) is 0. The Morgan fingerprint density at radius 3 is 2.25 bits per heavy atom. The van der Waals surface area contributed by atoms with Gasteiger partial charge in [0, 0.05) is 5.38 Å². The molecular weight excluding hydrogens is 490 g/mol. The summed E-state index contributed by atoms with van der Waals surface area (Å²) in [4.78, 5) is 49.2. The van der Waals surface area contributed by atoms with Crippen molar-refractivity contribution in [2.45, 2.75) is 59.4 Å². The Bertz CT molecular complexity index is 1130. The first-order valence-electron chi connectivity index (χ1n) is 10.7. The largest absolute Gasteiger partial charge is 0.476 e. The molecule has 194 valence electrons. The highest BCUT2D eigenvalue weighted by Gasteiger charge is 2.22. The van der Waals surface area contributed by atoms with E-state index in [0.717, 1.165) is 16.9 Å². The summed E-state index contributed by atoms with van der Waals surface area (Å²) in [5.41, 5.74) is -1.25. The molecule has 1 heterocycles. The Labute approximate surface area is 212 Å². The molecule has 0 unspecified atom stereocenters. The van der Waals surface area contributed by atoms with Crippen LogP contribution in [-0.2, 0) is 25.7 Å². The van der Waals surface area contributed by atoms with Gasteiger partial charge in [-0.1, -0.05) is 35.5 Å². The number of nitrogens with one attached hydrogen (secondary N) is 2. The highest BCUT2D eigenvalue weighted by molar-refractivity contribution is 7.14. The molecule has 0 aliphatic carbocycles. The van der Waals surface area contributed by atoms with Crippen molar-refractivity contribution < 1.29 is 33.8 Å². The van der Waals surface area contributed by atoms with E-state index in [1.807, 2.05) is 30.3 Å². The number of ether oxygens (including phenoxy) is 2. The highest BCUT2D eigenvalue weighted by atomic mass is 32.1. The van der Waals surface area contributed by atoms with Gasteiger partial charge in [0.1, 0.15) is 23.5 Å². The van der Waals surface area contributed by atoms with E-state index in [1.54, 1.807) is 41.5 Å². The maximum atomic E-state index is 12.2. The minimum atomic E-state index is -1.35. The van der Waals surface area contributed by atoms with Crippen LogP contribution in [0, 0.1) is 0 Å². The molecule has 0 spiro atoms. The third-order valence-electron chi connectivity index (χ3n) is 3.62. The number of oxime groups is 1. The number of anilines is 1. The van der Waals surface area contributed by atoms with Crippen LogP contribution in [0.3, 0.4) is 0 Å². The lowest BCUT2D eigenvalue weighted by atomic mass is 10.2. The zero-order chi connectivity index (χ0) is 26.9. The topological polar surface area (TPSA) is 161 Å². The molecule has 0 saturated heterocycles. The fraction of sp³-hybridized carbons (Fsp3) is 0.391. The molecule has 2 amide bonds. The quantitative estimate of drug-likeness (QED) is 0.286.